The molecule has 1 aliphatic rings. The minimum absolute atomic E-state index is 0.238. The molecule has 192 valence electrons. The molecule has 1 aliphatic heterocycles. The summed E-state index contributed by atoms with van der Waals surface area (Å²) in [5, 5.41) is 3.46. The van der Waals surface area contributed by atoms with Crippen LogP contribution in [0.5, 0.6) is 0 Å². The molecule has 0 amide bonds. The van der Waals surface area contributed by atoms with Crippen LogP contribution in [0.2, 0.25) is 0 Å². The smallest absolute Gasteiger partial charge is 0.218 e. The van der Waals surface area contributed by atoms with Crippen molar-refractivity contribution in [3.63, 3.8) is 0 Å². The van der Waals surface area contributed by atoms with Crippen molar-refractivity contribution in [2.75, 3.05) is 7.05 Å². The van der Waals surface area contributed by atoms with Gasteiger partial charge in [-0.3, -0.25) is 10.7 Å². The fourth-order valence-corrected chi connectivity index (χ4v) is 3.44. The highest BCUT2D eigenvalue weighted by Gasteiger charge is 2.28. The number of hydrazine groups is 1. The maximum absolute atomic E-state index is 12.6. The lowest BCUT2D eigenvalue weighted by Crippen LogP contribution is -2.35. The zero-order valence-electron chi connectivity index (χ0n) is 20.8. The van der Waals surface area contributed by atoms with E-state index in [1.165, 1.54) is 36.9 Å². The molecule has 10 N–H and O–H groups in total. The molecule has 2 heterocycles. The highest BCUT2D eigenvalue weighted by atomic mass is 19.1. The molecule has 0 aliphatic carbocycles. The Bertz CT molecular complexity index is 917. The molecule has 0 saturated carbocycles. The molecule has 0 bridgehead atoms. The maximum atomic E-state index is 12.6. The third-order valence-corrected chi connectivity index (χ3v) is 5.71. The first-order valence-corrected chi connectivity index (χ1v) is 11.5. The van der Waals surface area contributed by atoms with E-state index < -0.39 is 12.1 Å². The van der Waals surface area contributed by atoms with Crippen molar-refractivity contribution >= 4 is 0 Å². The van der Waals surface area contributed by atoms with Gasteiger partial charge in [0.05, 0.1) is 6.17 Å². The van der Waals surface area contributed by atoms with Crippen LogP contribution in [0, 0.1) is 5.95 Å². The van der Waals surface area contributed by atoms with Crippen LogP contribution in [0.3, 0.4) is 0 Å². The van der Waals surface area contributed by atoms with Crippen molar-refractivity contribution in [1.29, 1.82) is 0 Å². The Morgan fingerprint density at radius 1 is 1.23 bits per heavy atom. The molecule has 1 aromatic carbocycles. The number of nitrogens with two attached hydrogens (primary N) is 4. The van der Waals surface area contributed by atoms with E-state index >= 15 is 0 Å². The van der Waals surface area contributed by atoms with Crippen LogP contribution < -0.4 is 33.8 Å². The van der Waals surface area contributed by atoms with Crippen LogP contribution in [0.25, 0.3) is 0 Å². The van der Waals surface area contributed by atoms with Crippen LogP contribution in [-0.4, -0.2) is 29.0 Å². The molecule has 1 fully saturated rings. The monoisotopic (exact) mass is 484 g/mol. The first-order chi connectivity index (χ1) is 16.7. The normalized spacial score (nSPS) is 17.5. The molecular weight excluding hydrogens is 443 g/mol. The second kappa shape index (κ2) is 16.4. The van der Waals surface area contributed by atoms with Gasteiger partial charge in [0.1, 0.15) is 0 Å². The quantitative estimate of drug-likeness (QED) is 0.110. The Labute approximate surface area is 208 Å². The summed E-state index contributed by atoms with van der Waals surface area (Å²) in [5.41, 5.74) is 21.4. The predicted molar refractivity (Wildman–Crippen MR) is 142 cm³/mol. The van der Waals surface area contributed by atoms with Gasteiger partial charge in [-0.1, -0.05) is 49.1 Å². The summed E-state index contributed by atoms with van der Waals surface area (Å²) in [6, 6.07) is 14.7. The van der Waals surface area contributed by atoms with E-state index in [2.05, 4.69) is 72.0 Å². The third-order valence-electron chi connectivity index (χ3n) is 5.71. The molecule has 3 rings (SSSR count). The lowest BCUT2D eigenvalue weighted by Gasteiger charge is -2.25. The minimum Gasteiger partial charge on any atom is -0.403 e. The Balaban J connectivity index is 0.000000290. The Kier molecular flexibility index (Phi) is 14.0. The number of rotatable bonds is 8. The van der Waals surface area contributed by atoms with Crippen LogP contribution in [-0.2, 0) is 6.54 Å². The molecule has 1 aromatic heterocycles. The number of allylic oxidation sites excluding steroid dienone is 1. The van der Waals surface area contributed by atoms with Gasteiger partial charge in [0.2, 0.25) is 5.95 Å². The number of halogens is 1. The van der Waals surface area contributed by atoms with Crippen LogP contribution >= 0.6 is 0 Å². The van der Waals surface area contributed by atoms with Crippen molar-refractivity contribution < 1.29 is 4.39 Å². The Morgan fingerprint density at radius 3 is 2.34 bits per heavy atom. The highest BCUT2D eigenvalue weighted by Crippen LogP contribution is 2.25. The fourth-order valence-electron chi connectivity index (χ4n) is 3.44. The fraction of sp³-hybridized carbons (Fsp3) is 0.346. The van der Waals surface area contributed by atoms with Gasteiger partial charge < -0.3 is 27.9 Å². The molecular formula is C26H41FN8. The first kappa shape index (κ1) is 29.8. The lowest BCUT2D eigenvalue weighted by molar-refractivity contribution is 0.271. The van der Waals surface area contributed by atoms with Gasteiger partial charge in [0, 0.05) is 54.4 Å². The number of nitrogens with zero attached hydrogens (tertiary/aromatic N) is 2. The molecule has 1 saturated heterocycles. The molecule has 9 heteroatoms. The van der Waals surface area contributed by atoms with Crippen LogP contribution in [0.15, 0.2) is 85.5 Å². The summed E-state index contributed by atoms with van der Waals surface area (Å²) >= 11 is 0. The van der Waals surface area contributed by atoms with E-state index in [4.69, 9.17) is 23.0 Å². The predicted octanol–water partition coefficient (Wildman–Crippen LogP) is 2.74. The minimum atomic E-state index is -0.784. The standard InChI is InChI=1S/C15H22N2.C6H8FN3.C5H11N3/c1-12-9-10-15(17(12)3)13(2)16-11-14-7-5-4-6-8-14;7-5-4(6(8)9)2-1-3-10-5;1-2-3-5(4-6)8-7/h4-8,12,15-16H,2,9-11H2,1,3H3;1-3,6H,8-9H2;2,4,8H,1,3,6-7H2/b;;5-4-. The van der Waals surface area contributed by atoms with E-state index in [1.54, 1.807) is 12.1 Å². The number of pyridine rings is 1. The molecule has 0 spiro atoms. The number of nitrogens with one attached hydrogen (secondary N) is 2. The number of hydrogen-bond acceptors (Lipinski definition) is 8. The SMILES string of the molecule is C=C(NCc1ccccc1)C1CCC(C)N1C.C=CC/C(=C/N)NN.NC(N)c1cccnc1F. The summed E-state index contributed by atoms with van der Waals surface area (Å²) in [6.45, 7) is 10.8. The van der Waals surface area contributed by atoms with Crippen molar-refractivity contribution in [3.8, 4) is 0 Å². The number of likely N-dealkylation sites (tertiary alicyclic amines) is 1. The van der Waals surface area contributed by atoms with Gasteiger partial charge in [-0.05, 0) is 38.4 Å². The Hall–Kier alpha value is -3.24. The summed E-state index contributed by atoms with van der Waals surface area (Å²) in [5.74, 6) is 4.42. The van der Waals surface area contributed by atoms with Gasteiger partial charge in [-0.25, -0.2) is 4.98 Å². The molecule has 2 unspecified atom stereocenters. The molecule has 2 aromatic rings. The zero-order valence-corrected chi connectivity index (χ0v) is 20.8. The van der Waals surface area contributed by atoms with E-state index in [-0.39, 0.29) is 5.56 Å². The summed E-state index contributed by atoms with van der Waals surface area (Å²) in [7, 11) is 2.19. The first-order valence-electron chi connectivity index (χ1n) is 11.5. The molecule has 0 radical (unpaired) electrons. The average Bonchev–Trinajstić information content (AvgIpc) is 3.20. The molecule has 2 atom stereocenters. The van der Waals surface area contributed by atoms with Crippen LogP contribution in [0.4, 0.5) is 4.39 Å². The van der Waals surface area contributed by atoms with Gasteiger partial charge in [-0.15, -0.1) is 6.58 Å². The summed E-state index contributed by atoms with van der Waals surface area (Å²) in [6.07, 6.45) is 6.88. The molecule has 8 nitrogen and oxygen atoms in total. The third kappa shape index (κ3) is 10.7. The van der Waals surface area contributed by atoms with Gasteiger partial charge in [0.25, 0.3) is 0 Å². The maximum Gasteiger partial charge on any atom is 0.218 e. The summed E-state index contributed by atoms with van der Waals surface area (Å²) < 4.78 is 12.6. The van der Waals surface area contributed by atoms with E-state index in [9.17, 15) is 4.39 Å². The van der Waals surface area contributed by atoms with Crippen molar-refractivity contribution in [1.82, 2.24) is 20.6 Å². The van der Waals surface area contributed by atoms with Crippen molar-refractivity contribution in [2.24, 2.45) is 23.0 Å². The van der Waals surface area contributed by atoms with Crippen LogP contribution in [0.1, 0.15) is 43.5 Å². The topological polar surface area (TPSA) is 144 Å². The average molecular weight is 485 g/mol. The van der Waals surface area contributed by atoms with E-state index in [1.807, 2.05) is 6.07 Å². The number of benzene rings is 1. The van der Waals surface area contributed by atoms with Gasteiger partial charge in [-0.2, -0.15) is 4.39 Å². The zero-order chi connectivity index (χ0) is 26.2. The number of likely N-dealkylation sites (N-methyl/N-ethyl adjacent to an activating group) is 1. The lowest BCUT2D eigenvalue weighted by atomic mass is 10.1. The number of aromatic nitrogens is 1. The van der Waals surface area contributed by atoms with E-state index in [0.29, 0.717) is 18.5 Å². The largest absolute Gasteiger partial charge is 0.403 e. The van der Waals surface area contributed by atoms with Gasteiger partial charge >= 0.3 is 0 Å². The second-order valence-electron chi connectivity index (χ2n) is 8.21. The van der Waals surface area contributed by atoms with Crippen molar-refractivity contribution in [3.05, 3.63) is 103 Å². The van der Waals surface area contributed by atoms with Gasteiger partial charge in [0.15, 0.2) is 0 Å². The highest BCUT2D eigenvalue weighted by molar-refractivity contribution is 5.17. The summed E-state index contributed by atoms with van der Waals surface area (Å²) in [4.78, 5) is 5.79. The number of hydrogen-bond donors (Lipinski definition) is 6. The Morgan fingerprint density at radius 2 is 1.91 bits per heavy atom. The van der Waals surface area contributed by atoms with E-state index in [0.717, 1.165) is 17.9 Å². The second-order valence-corrected chi connectivity index (χ2v) is 8.21. The van der Waals surface area contributed by atoms with Crippen molar-refractivity contribution in [2.45, 2.75) is 51.0 Å². The molecule has 35 heavy (non-hydrogen) atoms.